The van der Waals surface area contributed by atoms with Gasteiger partial charge in [-0.1, -0.05) is 151 Å². The van der Waals surface area contributed by atoms with Crippen LogP contribution < -0.4 is 4.98 Å². The van der Waals surface area contributed by atoms with E-state index in [9.17, 15) is 0 Å². The van der Waals surface area contributed by atoms with Crippen molar-refractivity contribution in [2.75, 3.05) is 0 Å². The largest absolute Gasteiger partial charge is 0.512 e. The molecular formula is C55H43IrN2O2+. The summed E-state index contributed by atoms with van der Waals surface area (Å²) in [7, 11) is 0. The number of carbonyl (C=O) groups excluding carboxylic acids is 1. The molecule has 0 aliphatic heterocycles. The van der Waals surface area contributed by atoms with E-state index in [4.69, 9.17) is 9.90 Å². The number of aromatic nitrogens is 2. The molecule has 0 spiro atoms. The van der Waals surface area contributed by atoms with Gasteiger partial charge in [-0.3, -0.25) is 4.79 Å². The Balaban J connectivity index is 0.000000155. The minimum Gasteiger partial charge on any atom is -0.512 e. The third kappa shape index (κ3) is 9.30. The second kappa shape index (κ2) is 19.1. The van der Waals surface area contributed by atoms with Crippen LogP contribution in [0, 0.1) is 6.07 Å². The molecule has 10 rings (SSSR count). The van der Waals surface area contributed by atoms with E-state index in [1.54, 1.807) is 0 Å². The van der Waals surface area contributed by atoms with E-state index in [0.717, 1.165) is 22.3 Å². The molecule has 8 aromatic carbocycles. The van der Waals surface area contributed by atoms with Crippen molar-refractivity contribution < 1.29 is 35.0 Å². The maximum absolute atomic E-state index is 8.40. The number of nitrogens with one attached hydrogen (secondary N) is 1. The molecule has 2 aromatic heterocycles. The van der Waals surface area contributed by atoms with Crippen molar-refractivity contribution in [3.05, 3.63) is 218 Å². The van der Waals surface area contributed by atoms with E-state index < -0.39 is 0 Å². The number of hydrogen-bond acceptors (Lipinski definition) is 2. The van der Waals surface area contributed by atoms with Crippen LogP contribution in [0.3, 0.4) is 0 Å². The molecule has 0 atom stereocenters. The number of benzene rings is 8. The van der Waals surface area contributed by atoms with Gasteiger partial charge in [0.05, 0.1) is 24.1 Å². The summed E-state index contributed by atoms with van der Waals surface area (Å²) in [5, 5.41) is 18.4. The van der Waals surface area contributed by atoms with Gasteiger partial charge in [0.1, 0.15) is 0 Å². The Bertz CT molecular complexity index is 2870. The first kappa shape index (κ1) is 41.1. The average molecular weight is 956 g/mol. The van der Waals surface area contributed by atoms with Crippen molar-refractivity contribution in [3.8, 4) is 44.8 Å². The number of aliphatic hydroxyl groups excluding tert-OH is 1. The molecule has 10 aromatic rings. The van der Waals surface area contributed by atoms with Crippen LogP contribution >= 0.6 is 0 Å². The number of allylic oxidation sites excluding steroid dienone is 2. The number of aliphatic hydroxyl groups is 1. The van der Waals surface area contributed by atoms with Gasteiger partial charge in [0, 0.05) is 43.3 Å². The SMILES string of the molecule is CC(=[OH+])C=C(C)O.[Ir].[c-]1cc(-c2ccccc2)ccc1-c1nccc2c1ccc1ccccc12.c1ccc(-c2ccc(-c3[nH+]ccc4c3ccc3ccccc34)cc2)cc1. The smallest absolute Gasteiger partial charge is 0.316 e. The fourth-order valence-corrected chi connectivity index (χ4v) is 7.51. The number of hydrogen-bond donors (Lipinski definition) is 1. The van der Waals surface area contributed by atoms with Gasteiger partial charge in [-0.15, -0.1) is 29.8 Å². The zero-order valence-electron chi connectivity index (χ0n) is 33.3. The number of pyridine rings is 2. The molecule has 2 heterocycles. The summed E-state index contributed by atoms with van der Waals surface area (Å²) in [6.07, 6.45) is 5.21. The standard InChI is InChI=1S/C25H17N.C25H16N.C5H8O2.Ir/c2*1-2-6-18(7-3-1)19-10-12-21(13-11-19)25-24-15-14-20-8-4-5-9-22(20)23(24)16-17-26-25;1-4(6)3-5(2)7;/h1-17H;1-12,14-17H;3,6H,1-2H3;/q;-1;;/p+2. The van der Waals surface area contributed by atoms with Crippen molar-refractivity contribution in [2.24, 2.45) is 0 Å². The third-order valence-electron chi connectivity index (χ3n) is 10.3. The molecule has 0 aliphatic rings. The second-order valence-corrected chi connectivity index (χ2v) is 14.4. The molecule has 5 heteroatoms. The third-order valence-corrected chi connectivity index (χ3v) is 10.3. The van der Waals surface area contributed by atoms with Crippen molar-refractivity contribution in [3.63, 3.8) is 0 Å². The van der Waals surface area contributed by atoms with E-state index in [-0.39, 0.29) is 31.6 Å². The zero-order chi connectivity index (χ0) is 40.6. The number of H-pyrrole nitrogens is 1. The van der Waals surface area contributed by atoms with Crippen LogP contribution in [0.2, 0.25) is 0 Å². The Kier molecular flexibility index (Phi) is 13.1. The summed E-state index contributed by atoms with van der Waals surface area (Å²) in [5.74, 6) is 0.250. The van der Waals surface area contributed by atoms with Crippen LogP contribution in [0.5, 0.6) is 0 Å². The first-order valence-corrected chi connectivity index (χ1v) is 19.6. The first-order chi connectivity index (χ1) is 28.9. The van der Waals surface area contributed by atoms with E-state index >= 15 is 0 Å². The molecule has 3 N–H and O–H groups in total. The predicted octanol–water partition coefficient (Wildman–Crippen LogP) is 13.7. The van der Waals surface area contributed by atoms with E-state index in [2.05, 4.69) is 186 Å². The summed E-state index contributed by atoms with van der Waals surface area (Å²) in [4.78, 5) is 16.5. The van der Waals surface area contributed by atoms with Crippen LogP contribution in [-0.4, -0.2) is 20.7 Å². The summed E-state index contributed by atoms with van der Waals surface area (Å²) >= 11 is 0. The Morgan fingerprint density at radius 2 is 1.03 bits per heavy atom. The Hall–Kier alpha value is -7.04. The van der Waals surface area contributed by atoms with Crippen molar-refractivity contribution in [2.45, 2.75) is 13.8 Å². The monoisotopic (exact) mass is 956 g/mol. The number of nitrogens with zero attached hydrogens (tertiary/aromatic N) is 1. The fraction of sp³-hybridized carbons (Fsp3) is 0.0364. The number of aromatic amines is 1. The van der Waals surface area contributed by atoms with Gasteiger partial charge in [-0.2, -0.15) is 0 Å². The minimum atomic E-state index is 0. The quantitative estimate of drug-likeness (QED) is 0.0614. The van der Waals surface area contributed by atoms with Crippen LogP contribution in [0.25, 0.3) is 87.9 Å². The van der Waals surface area contributed by atoms with Gasteiger partial charge in [-0.05, 0) is 80.3 Å². The number of ketones is 1. The van der Waals surface area contributed by atoms with E-state index in [1.165, 1.54) is 85.4 Å². The molecular weight excluding hydrogens is 913 g/mol. The predicted molar refractivity (Wildman–Crippen MR) is 247 cm³/mol. The maximum Gasteiger partial charge on any atom is 0.316 e. The first-order valence-electron chi connectivity index (χ1n) is 19.6. The summed E-state index contributed by atoms with van der Waals surface area (Å²) < 4.78 is 0. The summed E-state index contributed by atoms with van der Waals surface area (Å²) in [6, 6.07) is 69.4. The fourth-order valence-electron chi connectivity index (χ4n) is 7.51. The van der Waals surface area contributed by atoms with Gasteiger partial charge in [0.15, 0.2) is 6.20 Å². The van der Waals surface area contributed by atoms with Gasteiger partial charge in [-0.25, -0.2) is 4.98 Å². The molecule has 293 valence electrons. The average Bonchev–Trinajstić information content (AvgIpc) is 3.29. The van der Waals surface area contributed by atoms with Crippen LogP contribution in [-0.2, 0) is 20.1 Å². The molecule has 1 radical (unpaired) electrons. The topological polar surface area (TPSA) is 68.7 Å². The van der Waals surface area contributed by atoms with Crippen LogP contribution in [0.15, 0.2) is 212 Å². The second-order valence-electron chi connectivity index (χ2n) is 14.4. The zero-order valence-corrected chi connectivity index (χ0v) is 35.7. The van der Waals surface area contributed by atoms with Crippen LogP contribution in [0.4, 0.5) is 0 Å². The van der Waals surface area contributed by atoms with E-state index in [1.807, 2.05) is 30.6 Å². The molecule has 0 fully saturated rings. The maximum atomic E-state index is 8.40. The van der Waals surface area contributed by atoms with Crippen molar-refractivity contribution in [1.82, 2.24) is 4.98 Å². The number of rotatable bonds is 5. The van der Waals surface area contributed by atoms with E-state index in [0.29, 0.717) is 0 Å². The van der Waals surface area contributed by atoms with Gasteiger partial charge < -0.3 is 10.1 Å². The molecule has 0 unspecified atom stereocenters. The minimum absolute atomic E-state index is 0. The summed E-state index contributed by atoms with van der Waals surface area (Å²) in [6.45, 7) is 3.00. The molecule has 4 nitrogen and oxygen atoms in total. The summed E-state index contributed by atoms with van der Waals surface area (Å²) in [5.41, 5.74) is 9.20. The molecule has 0 aliphatic carbocycles. The molecule has 0 amide bonds. The normalized spacial score (nSPS) is 10.9. The van der Waals surface area contributed by atoms with Crippen LogP contribution in [0.1, 0.15) is 13.8 Å². The number of fused-ring (bicyclic) bond motifs is 6. The molecule has 0 saturated carbocycles. The van der Waals surface area contributed by atoms with Gasteiger partial charge >= 0.3 is 5.78 Å². The van der Waals surface area contributed by atoms with Gasteiger partial charge in [0.25, 0.3) is 0 Å². The molecule has 0 bridgehead atoms. The van der Waals surface area contributed by atoms with Gasteiger partial charge in [0.2, 0.25) is 5.69 Å². The van der Waals surface area contributed by atoms with Crippen molar-refractivity contribution in [1.29, 1.82) is 0 Å². The Morgan fingerprint density at radius 1 is 0.517 bits per heavy atom. The Labute approximate surface area is 363 Å². The Morgan fingerprint density at radius 3 is 1.60 bits per heavy atom. The van der Waals surface area contributed by atoms with Crippen molar-refractivity contribution >= 4 is 48.9 Å². The molecule has 60 heavy (non-hydrogen) atoms. The molecule has 0 saturated heterocycles.